The summed E-state index contributed by atoms with van der Waals surface area (Å²) in [4.78, 5) is 52.4. The van der Waals surface area contributed by atoms with E-state index in [0.29, 0.717) is 23.8 Å². The van der Waals surface area contributed by atoms with Gasteiger partial charge in [-0.25, -0.2) is 4.79 Å². The molecule has 46 heavy (non-hydrogen) atoms. The molecule has 0 unspecified atom stereocenters. The summed E-state index contributed by atoms with van der Waals surface area (Å²) in [7, 11) is 0. The largest absolute Gasteiger partial charge is 0.422 e. The molecule has 15 heteroatoms. The Bertz CT molecular complexity index is 1560. The van der Waals surface area contributed by atoms with Crippen LogP contribution >= 0.6 is 0 Å². The average Bonchev–Trinajstić information content (AvgIpc) is 3.02. The van der Waals surface area contributed by atoms with Crippen molar-refractivity contribution in [3.8, 4) is 0 Å². The maximum atomic E-state index is 13.5. The van der Waals surface area contributed by atoms with Crippen LogP contribution in [0.5, 0.6) is 0 Å². The van der Waals surface area contributed by atoms with Crippen LogP contribution in [0.15, 0.2) is 69.9 Å². The lowest BCUT2D eigenvalue weighted by atomic mass is 10.0. The maximum absolute atomic E-state index is 13.5. The van der Waals surface area contributed by atoms with Gasteiger partial charge in [0.25, 0.3) is 0 Å². The molecule has 15 nitrogen and oxygen atoms in total. The fraction of sp³-hybridized carbons (Fsp3) is 0.355. The van der Waals surface area contributed by atoms with Gasteiger partial charge in [-0.05, 0) is 49.8 Å². The van der Waals surface area contributed by atoms with Crippen molar-refractivity contribution < 1.29 is 18.8 Å². The Morgan fingerprint density at radius 1 is 0.761 bits per heavy atom. The molecular weight excluding hydrogens is 592 g/mol. The van der Waals surface area contributed by atoms with Gasteiger partial charge in [0.2, 0.25) is 17.7 Å². The van der Waals surface area contributed by atoms with Crippen LogP contribution in [-0.2, 0) is 27.3 Å². The number of hydrogen-bond acceptors (Lipinski definition) is 8. The van der Waals surface area contributed by atoms with E-state index in [0.717, 1.165) is 5.56 Å². The first-order valence-electron chi connectivity index (χ1n) is 14.9. The third-order valence-electron chi connectivity index (χ3n) is 7.04. The van der Waals surface area contributed by atoms with E-state index in [1.807, 2.05) is 30.3 Å². The third-order valence-corrected chi connectivity index (χ3v) is 7.04. The number of para-hydroxylation sites is 1. The number of fused-ring (bicyclic) bond motifs is 1. The minimum Gasteiger partial charge on any atom is -0.422 e. The number of nitrogens with one attached hydrogen (secondary N) is 7. The van der Waals surface area contributed by atoms with Crippen molar-refractivity contribution in [1.82, 2.24) is 26.6 Å². The van der Waals surface area contributed by atoms with E-state index >= 15 is 0 Å². The quantitative estimate of drug-likeness (QED) is 0.0393. The topological polar surface area (TPSA) is 267 Å². The van der Waals surface area contributed by atoms with E-state index in [4.69, 9.17) is 32.4 Å². The minimum absolute atomic E-state index is 0.144. The van der Waals surface area contributed by atoms with Gasteiger partial charge >= 0.3 is 5.63 Å². The lowest BCUT2D eigenvalue weighted by Gasteiger charge is -2.24. The van der Waals surface area contributed by atoms with Crippen molar-refractivity contribution >= 4 is 40.6 Å². The van der Waals surface area contributed by atoms with Crippen LogP contribution in [0.2, 0.25) is 0 Å². The fourth-order valence-electron chi connectivity index (χ4n) is 4.64. The van der Waals surface area contributed by atoms with Crippen LogP contribution in [0, 0.1) is 10.8 Å². The lowest BCUT2D eigenvalue weighted by molar-refractivity contribution is -0.132. The number of carbonyl (C=O) groups is 3. The van der Waals surface area contributed by atoms with Crippen LogP contribution in [0.4, 0.5) is 0 Å². The van der Waals surface area contributed by atoms with Crippen LogP contribution in [0.3, 0.4) is 0 Å². The summed E-state index contributed by atoms with van der Waals surface area (Å²) < 4.78 is 5.35. The molecular formula is C31H42N10O5. The average molecular weight is 635 g/mol. The molecule has 0 fully saturated rings. The zero-order valence-electron chi connectivity index (χ0n) is 25.4. The van der Waals surface area contributed by atoms with Crippen molar-refractivity contribution in [1.29, 1.82) is 10.8 Å². The SMILES string of the molecule is N=C(N)NCCC[C@H](NC(=O)[C@H](CCCNC(=N)N)NC(=O)[C@@H](N)Cc1ccccc1)C(=O)NCc1cc2ccccc2oc1=O. The van der Waals surface area contributed by atoms with Gasteiger partial charge in [-0.15, -0.1) is 0 Å². The van der Waals surface area contributed by atoms with Crippen molar-refractivity contribution in [2.24, 2.45) is 17.2 Å². The number of amides is 3. The van der Waals surface area contributed by atoms with E-state index in [1.165, 1.54) is 0 Å². The summed E-state index contributed by atoms with van der Waals surface area (Å²) in [6.45, 7) is 0.407. The molecule has 246 valence electrons. The number of benzene rings is 2. The highest BCUT2D eigenvalue weighted by atomic mass is 16.4. The molecule has 2 aromatic carbocycles. The zero-order valence-corrected chi connectivity index (χ0v) is 25.4. The highest BCUT2D eigenvalue weighted by Gasteiger charge is 2.28. The second-order valence-electron chi connectivity index (χ2n) is 10.7. The van der Waals surface area contributed by atoms with Gasteiger partial charge in [0.05, 0.1) is 18.2 Å². The van der Waals surface area contributed by atoms with E-state index < -0.39 is 41.5 Å². The molecule has 0 spiro atoms. The molecule has 3 rings (SSSR count). The predicted octanol–water partition coefficient (Wildman–Crippen LogP) is -0.525. The number of nitrogens with two attached hydrogens (primary N) is 3. The molecule has 0 saturated heterocycles. The Morgan fingerprint density at radius 2 is 1.33 bits per heavy atom. The Hall–Kier alpha value is -5.44. The summed E-state index contributed by atoms with van der Waals surface area (Å²) in [5, 5.41) is 28.8. The van der Waals surface area contributed by atoms with E-state index in [9.17, 15) is 19.2 Å². The summed E-state index contributed by atoms with van der Waals surface area (Å²) in [5.74, 6) is -2.19. The monoisotopic (exact) mass is 634 g/mol. The maximum Gasteiger partial charge on any atom is 0.341 e. The summed E-state index contributed by atoms with van der Waals surface area (Å²) in [6.07, 6.45) is 1.29. The van der Waals surface area contributed by atoms with Gasteiger partial charge in [-0.2, -0.15) is 0 Å². The first-order chi connectivity index (χ1) is 22.0. The molecule has 13 N–H and O–H groups in total. The highest BCUT2D eigenvalue weighted by Crippen LogP contribution is 2.13. The summed E-state index contributed by atoms with van der Waals surface area (Å²) in [6, 6.07) is 14.8. The normalized spacial score (nSPS) is 12.7. The number of carbonyl (C=O) groups excluding carboxylic acids is 3. The summed E-state index contributed by atoms with van der Waals surface area (Å²) in [5.41, 5.74) is 17.8. The van der Waals surface area contributed by atoms with E-state index in [1.54, 1.807) is 30.3 Å². The van der Waals surface area contributed by atoms with E-state index in [2.05, 4.69) is 26.6 Å². The van der Waals surface area contributed by atoms with Gasteiger partial charge in [0, 0.05) is 18.5 Å². The Balaban J connectivity index is 1.72. The predicted molar refractivity (Wildman–Crippen MR) is 175 cm³/mol. The number of hydrogen-bond donors (Lipinski definition) is 10. The van der Waals surface area contributed by atoms with E-state index in [-0.39, 0.29) is 56.4 Å². The second kappa shape index (κ2) is 17.8. The molecule has 1 aromatic heterocycles. The van der Waals surface area contributed by atoms with Gasteiger partial charge in [0.15, 0.2) is 11.9 Å². The lowest BCUT2D eigenvalue weighted by Crippen LogP contribution is -2.56. The standard InChI is InChI=1S/C31H42N10O5/c32-22(16-19-8-2-1-3-9-19)26(42)40-24(12-7-15-38-31(35)36)28(44)41-23(11-6-14-37-30(33)34)27(43)39-18-21-17-20-10-4-5-13-25(20)46-29(21)45/h1-5,8-10,13,17,22-24H,6-7,11-12,14-16,18,32H2,(H,39,43)(H,40,42)(H,41,44)(H4,33,34,37)(H4,35,36,38)/t22-,23-,24-/m0/s1. The molecule has 0 aliphatic rings. The van der Waals surface area contributed by atoms with Gasteiger partial charge in [-0.3, -0.25) is 25.2 Å². The van der Waals surface area contributed by atoms with Crippen LogP contribution in [0.1, 0.15) is 36.8 Å². The van der Waals surface area contributed by atoms with Gasteiger partial charge in [-0.1, -0.05) is 48.5 Å². The van der Waals surface area contributed by atoms with Crippen LogP contribution in [0.25, 0.3) is 11.0 Å². The highest BCUT2D eigenvalue weighted by molar-refractivity contribution is 5.93. The molecule has 0 bridgehead atoms. The molecule has 0 saturated carbocycles. The molecule has 0 radical (unpaired) electrons. The molecule has 0 aliphatic carbocycles. The summed E-state index contributed by atoms with van der Waals surface area (Å²) >= 11 is 0. The van der Waals surface area contributed by atoms with Crippen molar-refractivity contribution in [2.75, 3.05) is 13.1 Å². The molecule has 1 heterocycles. The van der Waals surface area contributed by atoms with Crippen molar-refractivity contribution in [3.05, 3.63) is 82.2 Å². The third kappa shape index (κ3) is 11.6. The van der Waals surface area contributed by atoms with Crippen molar-refractivity contribution in [2.45, 2.75) is 56.8 Å². The second-order valence-corrected chi connectivity index (χ2v) is 10.7. The molecule has 0 aliphatic heterocycles. The zero-order chi connectivity index (χ0) is 33.5. The molecule has 3 amide bonds. The van der Waals surface area contributed by atoms with Gasteiger partial charge in [0.1, 0.15) is 17.7 Å². The minimum atomic E-state index is -1.05. The van der Waals surface area contributed by atoms with Gasteiger partial charge < -0.3 is 48.2 Å². The molecule has 3 aromatic rings. The Labute approximate surface area is 266 Å². The molecule has 3 atom stereocenters. The number of rotatable bonds is 17. The first-order valence-corrected chi connectivity index (χ1v) is 14.9. The number of guanidine groups is 2. The Kier molecular flexibility index (Phi) is 13.5. The first kappa shape index (κ1) is 35.0. The Morgan fingerprint density at radius 3 is 1.96 bits per heavy atom. The van der Waals surface area contributed by atoms with Crippen LogP contribution in [-0.4, -0.2) is 60.9 Å². The smallest absolute Gasteiger partial charge is 0.341 e. The van der Waals surface area contributed by atoms with Crippen LogP contribution < -0.4 is 49.4 Å². The van der Waals surface area contributed by atoms with Crippen molar-refractivity contribution in [3.63, 3.8) is 0 Å². The fourth-order valence-corrected chi connectivity index (χ4v) is 4.64.